The van der Waals surface area contributed by atoms with Crippen molar-refractivity contribution in [3.05, 3.63) is 53.6 Å². The lowest BCUT2D eigenvalue weighted by atomic mass is 10.2. The van der Waals surface area contributed by atoms with Crippen molar-refractivity contribution in [2.75, 3.05) is 44.2 Å². The number of thiazole rings is 1. The molecule has 1 aromatic heterocycles. The molecule has 0 spiro atoms. The second-order valence-corrected chi connectivity index (χ2v) is 9.20. The summed E-state index contributed by atoms with van der Waals surface area (Å²) in [4.78, 5) is 22.0. The van der Waals surface area contributed by atoms with Crippen LogP contribution in [-0.2, 0) is 0 Å². The Bertz CT molecular complexity index is 1020. The minimum atomic E-state index is -0.0421. The number of benzene rings is 2. The Morgan fingerprint density at radius 3 is 2.55 bits per heavy atom. The maximum Gasteiger partial charge on any atom is 0.251 e. The monoisotopic (exact) mass is 438 g/mol. The first-order chi connectivity index (χ1) is 15.0. The standard InChI is InChI=1S/C24H30N4O2S/c1-17(2)30-20-9-7-19(8-10-20)23(29)25-11-12-27-13-15-28(16-14-27)24-26-22-18(3)5-4-6-21(22)31-24/h4-10,17H,11-16H2,1-3H3,(H,25,29). The fourth-order valence-electron chi connectivity index (χ4n) is 3.76. The molecule has 3 aromatic rings. The molecule has 1 aliphatic rings. The predicted molar refractivity (Wildman–Crippen MR) is 128 cm³/mol. The summed E-state index contributed by atoms with van der Waals surface area (Å²) in [5.41, 5.74) is 3.01. The molecule has 0 unspecified atom stereocenters. The van der Waals surface area contributed by atoms with E-state index in [0.717, 1.165) is 49.1 Å². The maximum atomic E-state index is 12.4. The summed E-state index contributed by atoms with van der Waals surface area (Å²) >= 11 is 1.77. The van der Waals surface area contributed by atoms with Gasteiger partial charge in [-0.1, -0.05) is 23.5 Å². The Hall–Kier alpha value is -2.64. The van der Waals surface area contributed by atoms with Gasteiger partial charge in [0.25, 0.3) is 5.91 Å². The van der Waals surface area contributed by atoms with Crippen molar-refractivity contribution in [2.45, 2.75) is 26.9 Å². The highest BCUT2D eigenvalue weighted by Gasteiger charge is 2.20. The molecule has 0 atom stereocenters. The fourth-order valence-corrected chi connectivity index (χ4v) is 4.85. The van der Waals surface area contributed by atoms with Crippen LogP contribution < -0.4 is 15.0 Å². The minimum Gasteiger partial charge on any atom is -0.491 e. The van der Waals surface area contributed by atoms with Crippen molar-refractivity contribution in [3.8, 4) is 5.75 Å². The van der Waals surface area contributed by atoms with Crippen molar-refractivity contribution < 1.29 is 9.53 Å². The molecule has 1 fully saturated rings. The number of hydrogen-bond donors (Lipinski definition) is 1. The van der Waals surface area contributed by atoms with Crippen LogP contribution in [0.1, 0.15) is 29.8 Å². The van der Waals surface area contributed by atoms with Crippen molar-refractivity contribution in [2.24, 2.45) is 0 Å². The van der Waals surface area contributed by atoms with E-state index in [0.29, 0.717) is 12.1 Å². The van der Waals surface area contributed by atoms with Crippen LogP contribution in [0, 0.1) is 6.92 Å². The molecular weight excluding hydrogens is 408 g/mol. The Balaban J connectivity index is 1.22. The molecule has 2 aromatic carbocycles. The molecular formula is C24H30N4O2S. The van der Waals surface area contributed by atoms with E-state index in [2.05, 4.69) is 40.2 Å². The van der Waals surface area contributed by atoms with Gasteiger partial charge in [-0.2, -0.15) is 0 Å². The second-order valence-electron chi connectivity index (χ2n) is 8.19. The third-order valence-corrected chi connectivity index (χ3v) is 6.54. The fraction of sp³-hybridized carbons (Fsp3) is 0.417. The molecule has 0 bridgehead atoms. The molecule has 4 rings (SSSR count). The van der Waals surface area contributed by atoms with Crippen LogP contribution in [0.5, 0.6) is 5.75 Å². The molecule has 164 valence electrons. The number of nitrogens with one attached hydrogen (secondary N) is 1. The van der Waals surface area contributed by atoms with Gasteiger partial charge in [0.1, 0.15) is 5.75 Å². The highest BCUT2D eigenvalue weighted by atomic mass is 32.1. The van der Waals surface area contributed by atoms with Gasteiger partial charge in [0, 0.05) is 44.8 Å². The van der Waals surface area contributed by atoms with Crippen LogP contribution >= 0.6 is 11.3 Å². The lowest BCUT2D eigenvalue weighted by Gasteiger charge is -2.34. The summed E-state index contributed by atoms with van der Waals surface area (Å²) in [6, 6.07) is 13.7. The Kier molecular flexibility index (Phi) is 6.73. The topological polar surface area (TPSA) is 57.7 Å². The number of piperazine rings is 1. The summed E-state index contributed by atoms with van der Waals surface area (Å²) in [5.74, 6) is 0.743. The molecule has 0 aliphatic carbocycles. The first kappa shape index (κ1) is 21.6. The summed E-state index contributed by atoms with van der Waals surface area (Å²) in [5, 5.41) is 4.14. The predicted octanol–water partition coefficient (Wildman–Crippen LogP) is 3.94. The molecule has 1 N–H and O–H groups in total. The average Bonchev–Trinajstić information content (AvgIpc) is 3.20. The molecule has 0 radical (unpaired) electrons. The summed E-state index contributed by atoms with van der Waals surface area (Å²) in [6.45, 7) is 11.5. The van der Waals surface area contributed by atoms with Crippen LogP contribution in [0.15, 0.2) is 42.5 Å². The van der Waals surface area contributed by atoms with Gasteiger partial charge in [0.15, 0.2) is 5.13 Å². The third kappa shape index (κ3) is 5.35. The number of para-hydroxylation sites is 1. The zero-order chi connectivity index (χ0) is 21.8. The van der Waals surface area contributed by atoms with Gasteiger partial charge in [-0.3, -0.25) is 9.69 Å². The zero-order valence-corrected chi connectivity index (χ0v) is 19.2. The number of nitrogens with zero attached hydrogens (tertiary/aromatic N) is 3. The van der Waals surface area contributed by atoms with Gasteiger partial charge in [0.05, 0.1) is 16.3 Å². The lowest BCUT2D eigenvalue weighted by molar-refractivity contribution is 0.0947. The van der Waals surface area contributed by atoms with E-state index in [1.54, 1.807) is 11.3 Å². The lowest BCUT2D eigenvalue weighted by Crippen LogP contribution is -2.48. The number of ether oxygens (including phenoxy) is 1. The number of anilines is 1. The van der Waals surface area contributed by atoms with Gasteiger partial charge in [-0.15, -0.1) is 0 Å². The quantitative estimate of drug-likeness (QED) is 0.605. The third-order valence-electron chi connectivity index (χ3n) is 5.45. The number of rotatable bonds is 7. The SMILES string of the molecule is Cc1cccc2sc(N3CCN(CCNC(=O)c4ccc(OC(C)C)cc4)CC3)nc12. The van der Waals surface area contributed by atoms with Crippen molar-refractivity contribution >= 4 is 32.6 Å². The van der Waals surface area contributed by atoms with Crippen LogP contribution in [0.2, 0.25) is 0 Å². The van der Waals surface area contributed by atoms with E-state index in [1.165, 1.54) is 10.3 Å². The Labute approximate surface area is 187 Å². The number of carbonyl (C=O) groups is 1. The number of carbonyl (C=O) groups excluding carboxylic acids is 1. The van der Waals surface area contributed by atoms with Crippen LogP contribution in [0.4, 0.5) is 5.13 Å². The number of amides is 1. The van der Waals surface area contributed by atoms with Gasteiger partial charge in [-0.25, -0.2) is 4.98 Å². The van der Waals surface area contributed by atoms with Gasteiger partial charge >= 0.3 is 0 Å². The van der Waals surface area contributed by atoms with E-state index >= 15 is 0 Å². The van der Waals surface area contributed by atoms with E-state index in [-0.39, 0.29) is 12.0 Å². The van der Waals surface area contributed by atoms with Crippen molar-refractivity contribution in [1.82, 2.24) is 15.2 Å². The summed E-state index contributed by atoms with van der Waals surface area (Å²) < 4.78 is 6.88. The average molecular weight is 439 g/mol. The summed E-state index contributed by atoms with van der Waals surface area (Å²) in [6.07, 6.45) is 0.124. The van der Waals surface area contributed by atoms with Crippen LogP contribution in [0.25, 0.3) is 10.2 Å². The molecule has 1 saturated heterocycles. The Morgan fingerprint density at radius 1 is 1.13 bits per heavy atom. The second kappa shape index (κ2) is 9.66. The Morgan fingerprint density at radius 2 is 1.87 bits per heavy atom. The van der Waals surface area contributed by atoms with Crippen molar-refractivity contribution in [3.63, 3.8) is 0 Å². The van der Waals surface area contributed by atoms with Gasteiger partial charge in [0.2, 0.25) is 0 Å². The largest absolute Gasteiger partial charge is 0.491 e. The highest BCUT2D eigenvalue weighted by molar-refractivity contribution is 7.22. The van der Waals surface area contributed by atoms with Crippen LogP contribution in [0.3, 0.4) is 0 Å². The first-order valence-electron chi connectivity index (χ1n) is 10.9. The van der Waals surface area contributed by atoms with Crippen molar-refractivity contribution in [1.29, 1.82) is 0 Å². The zero-order valence-electron chi connectivity index (χ0n) is 18.4. The molecule has 31 heavy (non-hydrogen) atoms. The molecule has 2 heterocycles. The number of hydrogen-bond acceptors (Lipinski definition) is 6. The first-order valence-corrected chi connectivity index (χ1v) is 11.7. The van der Waals surface area contributed by atoms with E-state index in [1.807, 2.05) is 38.1 Å². The van der Waals surface area contributed by atoms with E-state index in [9.17, 15) is 4.79 Å². The smallest absolute Gasteiger partial charge is 0.251 e. The number of aryl methyl sites for hydroxylation is 1. The minimum absolute atomic E-state index is 0.0421. The molecule has 6 nitrogen and oxygen atoms in total. The van der Waals surface area contributed by atoms with Gasteiger partial charge < -0.3 is 15.0 Å². The normalized spacial score (nSPS) is 14.9. The van der Waals surface area contributed by atoms with E-state index < -0.39 is 0 Å². The van der Waals surface area contributed by atoms with Crippen LogP contribution in [-0.4, -0.2) is 61.2 Å². The number of fused-ring (bicyclic) bond motifs is 1. The molecule has 0 saturated carbocycles. The van der Waals surface area contributed by atoms with E-state index in [4.69, 9.17) is 9.72 Å². The summed E-state index contributed by atoms with van der Waals surface area (Å²) in [7, 11) is 0. The molecule has 7 heteroatoms. The maximum absolute atomic E-state index is 12.4. The van der Waals surface area contributed by atoms with Gasteiger partial charge in [-0.05, 0) is 56.7 Å². The molecule has 1 aliphatic heterocycles. The molecule has 1 amide bonds. The highest BCUT2D eigenvalue weighted by Crippen LogP contribution is 2.30. The number of aromatic nitrogens is 1.